The van der Waals surface area contributed by atoms with Crippen LogP contribution in [-0.2, 0) is 4.74 Å². The van der Waals surface area contributed by atoms with Crippen molar-refractivity contribution in [1.29, 1.82) is 0 Å². The van der Waals surface area contributed by atoms with Gasteiger partial charge in [-0.1, -0.05) is 0 Å². The summed E-state index contributed by atoms with van der Waals surface area (Å²) < 4.78 is 6.09. The maximum absolute atomic E-state index is 11.8. The number of benzene rings is 1. The van der Waals surface area contributed by atoms with E-state index in [0.29, 0.717) is 17.9 Å². The lowest BCUT2D eigenvalue weighted by Gasteiger charge is -2.07. The van der Waals surface area contributed by atoms with Crippen molar-refractivity contribution in [2.24, 2.45) is 0 Å². The summed E-state index contributed by atoms with van der Waals surface area (Å²) in [5.74, 6) is -0.313. The van der Waals surface area contributed by atoms with Crippen molar-refractivity contribution in [2.45, 2.75) is 6.92 Å². The average Bonchev–Trinajstić information content (AvgIpc) is 2.92. The molecule has 0 unspecified atom stereocenters. The van der Waals surface area contributed by atoms with E-state index in [1.165, 1.54) is 17.3 Å². The fourth-order valence-corrected chi connectivity index (χ4v) is 1.43. The number of nitrogens with zero attached hydrogens (tertiary/aromatic N) is 3. The van der Waals surface area contributed by atoms with Gasteiger partial charge in [0.15, 0.2) is 0 Å². The van der Waals surface area contributed by atoms with E-state index in [0.717, 1.165) is 0 Å². The molecule has 0 spiro atoms. The molecule has 1 heterocycles. The second-order valence-corrected chi connectivity index (χ2v) is 3.73. The molecule has 2 amide bonds. The van der Waals surface area contributed by atoms with Crippen LogP contribution in [0.4, 0.5) is 10.5 Å². The standard InChI is InChI=1S/C12H13N5O3/c1-2-20-12(19)15-10-5-3-9(4-6-10)11(18)16-17-7-13-14-8-17/h3-8H,2H2,1H3,(H,15,19)(H,16,18). The van der Waals surface area contributed by atoms with Crippen LogP contribution in [0.5, 0.6) is 0 Å². The van der Waals surface area contributed by atoms with Gasteiger partial charge in [0.1, 0.15) is 12.7 Å². The summed E-state index contributed by atoms with van der Waals surface area (Å²) in [6.07, 6.45) is 2.21. The van der Waals surface area contributed by atoms with Gasteiger partial charge < -0.3 is 4.74 Å². The fourth-order valence-electron chi connectivity index (χ4n) is 1.43. The normalized spacial score (nSPS) is 9.85. The smallest absolute Gasteiger partial charge is 0.411 e. The number of anilines is 1. The van der Waals surface area contributed by atoms with Crippen molar-refractivity contribution in [1.82, 2.24) is 14.9 Å². The largest absolute Gasteiger partial charge is 0.450 e. The Bertz CT molecular complexity index is 580. The molecule has 1 aromatic heterocycles. The first-order chi connectivity index (χ1) is 9.69. The Kier molecular flexibility index (Phi) is 4.28. The molecule has 2 rings (SSSR count). The summed E-state index contributed by atoms with van der Waals surface area (Å²) in [6.45, 7) is 2.02. The number of ether oxygens (including phenoxy) is 1. The average molecular weight is 275 g/mol. The van der Waals surface area contributed by atoms with E-state index in [1.807, 2.05) is 0 Å². The molecule has 8 nitrogen and oxygen atoms in total. The number of rotatable bonds is 4. The number of hydrogen-bond acceptors (Lipinski definition) is 5. The highest BCUT2D eigenvalue weighted by molar-refractivity contribution is 6.00. The number of carbonyl (C=O) groups excluding carboxylic acids is 2. The Morgan fingerprint density at radius 1 is 1.20 bits per heavy atom. The van der Waals surface area contributed by atoms with Crippen LogP contribution in [0.3, 0.4) is 0 Å². The van der Waals surface area contributed by atoms with Crippen LogP contribution < -0.4 is 10.7 Å². The second-order valence-electron chi connectivity index (χ2n) is 3.73. The molecule has 0 aliphatic heterocycles. The van der Waals surface area contributed by atoms with E-state index in [9.17, 15) is 9.59 Å². The van der Waals surface area contributed by atoms with Crippen molar-refractivity contribution in [3.05, 3.63) is 42.5 Å². The number of carbonyl (C=O) groups is 2. The van der Waals surface area contributed by atoms with Gasteiger partial charge in [-0.25, -0.2) is 9.47 Å². The van der Waals surface area contributed by atoms with Crippen LogP contribution in [0.1, 0.15) is 17.3 Å². The molecule has 2 N–H and O–H groups in total. The van der Waals surface area contributed by atoms with E-state index >= 15 is 0 Å². The lowest BCUT2D eigenvalue weighted by atomic mass is 10.2. The quantitative estimate of drug-likeness (QED) is 0.874. The predicted molar refractivity (Wildman–Crippen MR) is 70.8 cm³/mol. The molecule has 2 aromatic rings. The van der Waals surface area contributed by atoms with Crippen LogP contribution in [0, 0.1) is 0 Å². The van der Waals surface area contributed by atoms with Gasteiger partial charge in [-0.2, -0.15) is 0 Å². The van der Waals surface area contributed by atoms with Crippen LogP contribution >= 0.6 is 0 Å². The zero-order valence-electron chi connectivity index (χ0n) is 10.7. The molecule has 0 aliphatic rings. The SMILES string of the molecule is CCOC(=O)Nc1ccc(C(=O)Nn2cnnc2)cc1. The zero-order chi connectivity index (χ0) is 14.4. The summed E-state index contributed by atoms with van der Waals surface area (Å²) >= 11 is 0. The predicted octanol–water partition coefficient (Wildman–Crippen LogP) is 1.23. The highest BCUT2D eigenvalue weighted by Gasteiger charge is 2.07. The summed E-state index contributed by atoms with van der Waals surface area (Å²) in [6, 6.07) is 6.39. The molecule has 1 aromatic carbocycles. The minimum Gasteiger partial charge on any atom is -0.450 e. The third-order valence-electron chi connectivity index (χ3n) is 2.32. The molecule has 20 heavy (non-hydrogen) atoms. The Labute approximate surface area is 114 Å². The number of nitrogens with one attached hydrogen (secondary N) is 2. The zero-order valence-corrected chi connectivity index (χ0v) is 10.7. The van der Waals surface area contributed by atoms with E-state index < -0.39 is 6.09 Å². The molecule has 104 valence electrons. The van der Waals surface area contributed by atoms with Crippen LogP contribution in [0.25, 0.3) is 0 Å². The molecule has 0 atom stereocenters. The molecule has 0 fully saturated rings. The van der Waals surface area contributed by atoms with E-state index in [1.54, 1.807) is 31.2 Å². The molecule has 0 bridgehead atoms. The summed E-state index contributed by atoms with van der Waals surface area (Å²) in [7, 11) is 0. The van der Waals surface area contributed by atoms with Crippen molar-refractivity contribution in [3.63, 3.8) is 0 Å². The maximum Gasteiger partial charge on any atom is 0.411 e. The van der Waals surface area contributed by atoms with Gasteiger partial charge in [0, 0.05) is 11.3 Å². The monoisotopic (exact) mass is 275 g/mol. The topological polar surface area (TPSA) is 98.1 Å². The first-order valence-corrected chi connectivity index (χ1v) is 5.89. The van der Waals surface area contributed by atoms with Gasteiger partial charge >= 0.3 is 6.09 Å². The highest BCUT2D eigenvalue weighted by atomic mass is 16.5. The molecule has 0 saturated carbocycles. The number of amides is 2. The van der Waals surface area contributed by atoms with Crippen molar-refractivity contribution in [2.75, 3.05) is 17.3 Å². The lowest BCUT2D eigenvalue weighted by molar-refractivity contribution is 0.101. The Morgan fingerprint density at radius 3 is 2.45 bits per heavy atom. The minimum atomic E-state index is -0.533. The molecule has 0 radical (unpaired) electrons. The molecule has 0 saturated heterocycles. The minimum absolute atomic E-state index is 0.297. The second kappa shape index (κ2) is 6.32. The molecular weight excluding hydrogens is 262 g/mol. The lowest BCUT2D eigenvalue weighted by Crippen LogP contribution is -2.21. The molecule has 0 aliphatic carbocycles. The van der Waals surface area contributed by atoms with Gasteiger partial charge in [-0.3, -0.25) is 15.5 Å². The summed E-state index contributed by atoms with van der Waals surface area (Å²) in [4.78, 5) is 23.1. The van der Waals surface area contributed by atoms with E-state index in [-0.39, 0.29) is 5.91 Å². The van der Waals surface area contributed by atoms with Gasteiger partial charge in [0.25, 0.3) is 5.91 Å². The van der Waals surface area contributed by atoms with Crippen LogP contribution in [0.15, 0.2) is 36.9 Å². The van der Waals surface area contributed by atoms with Gasteiger partial charge in [-0.05, 0) is 31.2 Å². The van der Waals surface area contributed by atoms with Crippen molar-refractivity contribution >= 4 is 17.7 Å². The third kappa shape index (κ3) is 3.55. The third-order valence-corrected chi connectivity index (χ3v) is 2.32. The number of hydrogen-bond donors (Lipinski definition) is 2. The first kappa shape index (κ1) is 13.5. The van der Waals surface area contributed by atoms with Crippen LogP contribution in [-0.4, -0.2) is 33.5 Å². The first-order valence-electron chi connectivity index (χ1n) is 5.89. The van der Waals surface area contributed by atoms with Crippen LogP contribution in [0.2, 0.25) is 0 Å². The Hall–Kier alpha value is -2.90. The van der Waals surface area contributed by atoms with Gasteiger partial charge in [-0.15, -0.1) is 10.2 Å². The summed E-state index contributed by atoms with van der Waals surface area (Å²) in [5, 5.41) is 9.68. The van der Waals surface area contributed by atoms with E-state index in [4.69, 9.17) is 4.74 Å². The Balaban J connectivity index is 1.97. The Morgan fingerprint density at radius 2 is 1.85 bits per heavy atom. The molecule has 8 heteroatoms. The number of aromatic nitrogens is 3. The van der Waals surface area contributed by atoms with E-state index in [2.05, 4.69) is 20.9 Å². The van der Waals surface area contributed by atoms with Crippen molar-refractivity contribution < 1.29 is 14.3 Å². The fraction of sp³-hybridized carbons (Fsp3) is 0.167. The van der Waals surface area contributed by atoms with Gasteiger partial charge in [0.05, 0.1) is 6.61 Å². The maximum atomic E-state index is 11.8. The highest BCUT2D eigenvalue weighted by Crippen LogP contribution is 2.10. The van der Waals surface area contributed by atoms with Crippen molar-refractivity contribution in [3.8, 4) is 0 Å². The molecular formula is C12H13N5O3. The summed E-state index contributed by atoms with van der Waals surface area (Å²) in [5.41, 5.74) is 3.54. The van der Waals surface area contributed by atoms with Gasteiger partial charge in [0.2, 0.25) is 0 Å².